The summed E-state index contributed by atoms with van der Waals surface area (Å²) >= 11 is 0. The van der Waals surface area contributed by atoms with Crippen molar-refractivity contribution >= 4 is 23.2 Å². The van der Waals surface area contributed by atoms with Crippen LogP contribution in [0.15, 0.2) is 48.5 Å². The summed E-state index contributed by atoms with van der Waals surface area (Å²) in [5.74, 6) is -1.29. The van der Waals surface area contributed by atoms with Crippen molar-refractivity contribution < 1.29 is 14.0 Å². The molecule has 0 aliphatic heterocycles. The number of anilines is 2. The molecular weight excluding hydrogens is 333 g/mol. The lowest BCUT2D eigenvalue weighted by Gasteiger charge is -2.23. The van der Waals surface area contributed by atoms with Gasteiger partial charge in [0.2, 0.25) is 11.8 Å². The smallest absolute Gasteiger partial charge is 0.239 e. The molecule has 2 aromatic rings. The lowest BCUT2D eigenvalue weighted by atomic mass is 9.90. The maximum atomic E-state index is 13.6. The summed E-state index contributed by atoms with van der Waals surface area (Å²) in [4.78, 5) is 26.9. The third-order valence-corrected chi connectivity index (χ3v) is 4.17. The Morgan fingerprint density at radius 3 is 2.19 bits per heavy atom. The second-order valence-electron chi connectivity index (χ2n) is 6.79. The summed E-state index contributed by atoms with van der Waals surface area (Å²) in [5.41, 5.74) is 0.683. The van der Waals surface area contributed by atoms with Gasteiger partial charge in [0.25, 0.3) is 0 Å². The van der Waals surface area contributed by atoms with Crippen molar-refractivity contribution in [3.05, 3.63) is 59.9 Å². The van der Waals surface area contributed by atoms with Crippen LogP contribution in [0.2, 0.25) is 0 Å². The van der Waals surface area contributed by atoms with Gasteiger partial charge >= 0.3 is 0 Å². The first kappa shape index (κ1) is 19.4. The van der Waals surface area contributed by atoms with Gasteiger partial charge in [-0.1, -0.05) is 18.2 Å². The molecule has 0 bridgehead atoms. The van der Waals surface area contributed by atoms with E-state index in [0.29, 0.717) is 11.3 Å². The van der Waals surface area contributed by atoms with Crippen LogP contribution in [0, 0.1) is 11.2 Å². The highest BCUT2D eigenvalue weighted by molar-refractivity contribution is 6.09. The number of carbonyl (C=O) groups is 2. The number of amides is 2. The van der Waals surface area contributed by atoms with Crippen LogP contribution < -0.4 is 15.5 Å². The second-order valence-corrected chi connectivity index (χ2v) is 6.79. The molecule has 0 radical (unpaired) electrons. The minimum atomic E-state index is -1.30. The summed E-state index contributed by atoms with van der Waals surface area (Å²) < 4.78 is 13.6. The predicted octanol–water partition coefficient (Wildman–Crippen LogP) is 3.17. The molecule has 0 spiro atoms. The number of rotatable bonds is 6. The molecule has 0 saturated heterocycles. The average Bonchev–Trinajstić information content (AvgIpc) is 2.61. The van der Waals surface area contributed by atoms with Gasteiger partial charge < -0.3 is 15.5 Å². The van der Waals surface area contributed by atoms with E-state index in [1.165, 1.54) is 19.9 Å². The van der Waals surface area contributed by atoms with E-state index >= 15 is 0 Å². The van der Waals surface area contributed by atoms with Gasteiger partial charge in [0.05, 0.1) is 0 Å². The number of benzene rings is 2. The minimum Gasteiger partial charge on any atom is -0.378 e. The van der Waals surface area contributed by atoms with Gasteiger partial charge in [-0.3, -0.25) is 9.59 Å². The first-order valence-corrected chi connectivity index (χ1v) is 8.32. The average molecular weight is 357 g/mol. The highest BCUT2D eigenvalue weighted by atomic mass is 19.1. The fourth-order valence-corrected chi connectivity index (χ4v) is 2.27. The molecule has 2 rings (SSSR count). The molecular formula is C20H24FN3O2. The van der Waals surface area contributed by atoms with E-state index in [4.69, 9.17) is 0 Å². The van der Waals surface area contributed by atoms with E-state index in [-0.39, 0.29) is 6.54 Å². The molecule has 26 heavy (non-hydrogen) atoms. The Kier molecular flexibility index (Phi) is 5.97. The van der Waals surface area contributed by atoms with E-state index in [1.807, 2.05) is 31.1 Å². The van der Waals surface area contributed by atoms with Crippen LogP contribution in [0.5, 0.6) is 0 Å². The van der Waals surface area contributed by atoms with Gasteiger partial charge in [0.15, 0.2) is 0 Å². The van der Waals surface area contributed by atoms with Crippen LogP contribution >= 0.6 is 0 Å². The maximum Gasteiger partial charge on any atom is 0.239 e. The van der Waals surface area contributed by atoms with Crippen LogP contribution in [-0.4, -0.2) is 25.9 Å². The number of halogens is 1. The first-order valence-electron chi connectivity index (χ1n) is 8.32. The molecule has 6 heteroatoms. The molecule has 0 aromatic heterocycles. The van der Waals surface area contributed by atoms with E-state index < -0.39 is 23.0 Å². The quantitative estimate of drug-likeness (QED) is 0.781. The van der Waals surface area contributed by atoms with Gasteiger partial charge in [-0.2, -0.15) is 0 Å². The normalized spacial score (nSPS) is 11.0. The Morgan fingerprint density at radius 2 is 1.62 bits per heavy atom. The molecule has 0 aliphatic carbocycles. The lowest BCUT2D eigenvalue weighted by molar-refractivity contribution is -0.138. The third-order valence-electron chi connectivity index (χ3n) is 4.17. The molecule has 0 saturated carbocycles. The van der Waals surface area contributed by atoms with Gasteiger partial charge in [0.1, 0.15) is 11.2 Å². The second kappa shape index (κ2) is 7.99. The zero-order chi connectivity index (χ0) is 19.3. The SMILES string of the molecule is CN(C)c1ccc(NC(=O)C(C)(C)C(=O)NCc2ccccc2F)cc1. The zero-order valence-electron chi connectivity index (χ0n) is 15.5. The Bertz CT molecular complexity index is 786. The zero-order valence-corrected chi connectivity index (χ0v) is 15.5. The predicted molar refractivity (Wildman–Crippen MR) is 101 cm³/mol. The molecule has 0 fully saturated rings. The number of nitrogens with one attached hydrogen (secondary N) is 2. The first-order chi connectivity index (χ1) is 12.2. The van der Waals surface area contributed by atoms with Crippen LogP contribution in [0.25, 0.3) is 0 Å². The highest BCUT2D eigenvalue weighted by Gasteiger charge is 2.36. The molecule has 0 aliphatic rings. The van der Waals surface area contributed by atoms with Crippen molar-refractivity contribution in [2.75, 3.05) is 24.3 Å². The third kappa shape index (κ3) is 4.59. The summed E-state index contributed by atoms with van der Waals surface area (Å²) in [6.07, 6.45) is 0. The van der Waals surface area contributed by atoms with Crippen molar-refractivity contribution in [1.29, 1.82) is 0 Å². The summed E-state index contributed by atoms with van der Waals surface area (Å²) in [5, 5.41) is 5.37. The van der Waals surface area contributed by atoms with Crippen LogP contribution in [-0.2, 0) is 16.1 Å². The molecule has 0 atom stereocenters. The van der Waals surface area contributed by atoms with E-state index in [9.17, 15) is 14.0 Å². The molecule has 2 amide bonds. The fourth-order valence-electron chi connectivity index (χ4n) is 2.27. The Balaban J connectivity index is 1.99. The van der Waals surface area contributed by atoms with E-state index in [1.54, 1.807) is 30.3 Å². The Labute approximate surface area is 153 Å². The van der Waals surface area contributed by atoms with Crippen LogP contribution in [0.4, 0.5) is 15.8 Å². The van der Waals surface area contributed by atoms with Crippen molar-refractivity contribution in [3.8, 4) is 0 Å². The van der Waals surface area contributed by atoms with Crippen LogP contribution in [0.3, 0.4) is 0 Å². The lowest BCUT2D eigenvalue weighted by Crippen LogP contribution is -2.45. The van der Waals surface area contributed by atoms with Crippen LogP contribution in [0.1, 0.15) is 19.4 Å². The standard InChI is InChI=1S/C20H24FN3O2/c1-20(2,18(25)22-13-14-7-5-6-8-17(14)21)19(26)23-15-9-11-16(12-10-15)24(3)4/h5-12H,13H2,1-4H3,(H,22,25)(H,23,26). The van der Waals surface area contributed by atoms with Crippen molar-refractivity contribution in [2.45, 2.75) is 20.4 Å². The number of hydrogen-bond donors (Lipinski definition) is 2. The van der Waals surface area contributed by atoms with Crippen molar-refractivity contribution in [2.24, 2.45) is 5.41 Å². The molecule has 2 aromatic carbocycles. The summed E-state index contributed by atoms with van der Waals surface area (Å²) in [6, 6.07) is 13.5. The summed E-state index contributed by atoms with van der Waals surface area (Å²) in [7, 11) is 3.85. The largest absolute Gasteiger partial charge is 0.378 e. The van der Waals surface area contributed by atoms with Crippen molar-refractivity contribution in [3.63, 3.8) is 0 Å². The monoisotopic (exact) mass is 357 g/mol. The number of hydrogen-bond acceptors (Lipinski definition) is 3. The topological polar surface area (TPSA) is 61.4 Å². The molecule has 2 N–H and O–H groups in total. The van der Waals surface area contributed by atoms with Crippen molar-refractivity contribution in [1.82, 2.24) is 5.32 Å². The molecule has 0 unspecified atom stereocenters. The van der Waals surface area contributed by atoms with Gasteiger partial charge in [0, 0.05) is 37.6 Å². The highest BCUT2D eigenvalue weighted by Crippen LogP contribution is 2.21. The van der Waals surface area contributed by atoms with E-state index in [2.05, 4.69) is 10.6 Å². The number of carbonyl (C=O) groups excluding carboxylic acids is 2. The molecule has 0 heterocycles. The Morgan fingerprint density at radius 1 is 1.00 bits per heavy atom. The Hall–Kier alpha value is -2.89. The maximum absolute atomic E-state index is 13.6. The number of nitrogens with zero attached hydrogens (tertiary/aromatic N) is 1. The summed E-state index contributed by atoms with van der Waals surface area (Å²) in [6.45, 7) is 3.10. The van der Waals surface area contributed by atoms with Gasteiger partial charge in [-0.05, 0) is 44.2 Å². The molecule has 138 valence electrons. The minimum absolute atomic E-state index is 0.0275. The molecule has 5 nitrogen and oxygen atoms in total. The van der Waals surface area contributed by atoms with Gasteiger partial charge in [-0.25, -0.2) is 4.39 Å². The van der Waals surface area contributed by atoms with Gasteiger partial charge in [-0.15, -0.1) is 0 Å². The fraction of sp³-hybridized carbons (Fsp3) is 0.300. The van der Waals surface area contributed by atoms with E-state index in [0.717, 1.165) is 5.69 Å².